The first-order chi connectivity index (χ1) is 24.2. The van der Waals surface area contributed by atoms with Crippen LogP contribution in [0.1, 0.15) is 60.4 Å². The first-order valence-corrected chi connectivity index (χ1v) is 17.4. The maximum absolute atomic E-state index is 11.8. The Balaban J connectivity index is 0.000000197. The Morgan fingerprint density at radius 1 is 0.800 bits per heavy atom. The Morgan fingerprint density at radius 3 is 1.76 bits per heavy atom. The Kier molecular flexibility index (Phi) is 11.9. The lowest BCUT2D eigenvalue weighted by Gasteiger charge is -2.19. The van der Waals surface area contributed by atoms with Crippen LogP contribution >= 0.6 is 22.7 Å². The van der Waals surface area contributed by atoms with Gasteiger partial charge >= 0.3 is 5.97 Å². The van der Waals surface area contributed by atoms with Crippen molar-refractivity contribution in [2.75, 3.05) is 30.3 Å². The third kappa shape index (κ3) is 9.51. The Morgan fingerprint density at radius 2 is 1.30 bits per heavy atom. The maximum Gasteiger partial charge on any atom is 0.325 e. The summed E-state index contributed by atoms with van der Waals surface area (Å²) < 4.78 is 7.33. The number of rotatable bonds is 11. The number of ether oxygens (including phenoxy) is 1. The van der Waals surface area contributed by atoms with Crippen LogP contribution in [0.2, 0.25) is 0 Å². The predicted molar refractivity (Wildman–Crippen MR) is 195 cm³/mol. The number of nitrogens with one attached hydrogen (secondary N) is 2. The van der Waals surface area contributed by atoms with Crippen molar-refractivity contribution >= 4 is 61.0 Å². The van der Waals surface area contributed by atoms with Crippen LogP contribution in [0, 0.1) is 22.7 Å². The van der Waals surface area contributed by atoms with Crippen LogP contribution in [0.5, 0.6) is 0 Å². The molecular weight excluding hydrogens is 671 g/mol. The van der Waals surface area contributed by atoms with E-state index in [0.29, 0.717) is 35.4 Å². The van der Waals surface area contributed by atoms with Crippen molar-refractivity contribution in [2.45, 2.75) is 44.6 Å². The van der Waals surface area contributed by atoms with Crippen molar-refractivity contribution < 1.29 is 9.53 Å². The van der Waals surface area contributed by atoms with E-state index in [1.165, 1.54) is 22.7 Å². The second kappa shape index (κ2) is 16.7. The van der Waals surface area contributed by atoms with Crippen LogP contribution in [0.3, 0.4) is 0 Å². The lowest BCUT2D eigenvalue weighted by atomic mass is 10.1. The molecule has 4 heterocycles. The summed E-state index contributed by atoms with van der Waals surface area (Å²) in [5.41, 5.74) is 7.86. The minimum absolute atomic E-state index is 0.0565. The van der Waals surface area contributed by atoms with E-state index < -0.39 is 23.4 Å². The molecule has 4 N–H and O–H groups in total. The summed E-state index contributed by atoms with van der Waals surface area (Å²) in [7, 11) is 0. The number of hydrogen-bond acceptors (Lipinski definition) is 15. The van der Waals surface area contributed by atoms with Gasteiger partial charge in [-0.2, -0.15) is 10.5 Å². The van der Waals surface area contributed by atoms with E-state index in [9.17, 15) is 15.3 Å². The highest BCUT2D eigenvalue weighted by atomic mass is 32.1. The predicted octanol–water partition coefficient (Wildman–Crippen LogP) is 6.00. The molecule has 4 aromatic heterocycles. The molecule has 0 aliphatic rings. The number of para-hydroxylation sites is 2. The fourth-order valence-electron chi connectivity index (χ4n) is 4.59. The van der Waals surface area contributed by atoms with Crippen LogP contribution in [0.4, 0.5) is 11.9 Å². The number of aromatic nitrogens is 6. The third-order valence-electron chi connectivity index (χ3n) is 6.79. The van der Waals surface area contributed by atoms with Gasteiger partial charge in [0.25, 0.3) is 0 Å². The smallest absolute Gasteiger partial charge is 0.325 e. The van der Waals surface area contributed by atoms with Gasteiger partial charge in [0.05, 0.1) is 44.0 Å². The van der Waals surface area contributed by atoms with E-state index in [1.54, 1.807) is 45.3 Å². The number of nitrogens with two attached hydrogens (primary N) is 1. The third-order valence-corrected chi connectivity index (χ3v) is 9.00. The monoisotopic (exact) mass is 705 g/mol. The quantitative estimate of drug-likeness (QED) is 0.105. The molecule has 254 valence electrons. The summed E-state index contributed by atoms with van der Waals surface area (Å²) in [4.78, 5) is 38.0. The van der Waals surface area contributed by atoms with E-state index in [2.05, 4.69) is 52.7 Å². The highest BCUT2D eigenvalue weighted by Crippen LogP contribution is 2.32. The highest BCUT2D eigenvalue weighted by Gasteiger charge is 2.22. The normalized spacial score (nSPS) is 12.2. The topological polar surface area (TPSA) is 201 Å². The van der Waals surface area contributed by atoms with Gasteiger partial charge in [0.15, 0.2) is 0 Å². The first-order valence-electron chi connectivity index (χ1n) is 15.7. The van der Waals surface area contributed by atoms with Crippen LogP contribution in [-0.4, -0.2) is 61.1 Å². The summed E-state index contributed by atoms with van der Waals surface area (Å²) in [6, 6.07) is 23.6. The van der Waals surface area contributed by atoms with Crippen molar-refractivity contribution in [3.05, 3.63) is 94.5 Å². The summed E-state index contributed by atoms with van der Waals surface area (Å²) in [6.45, 7) is 6.67. The summed E-state index contributed by atoms with van der Waals surface area (Å²) in [5, 5.41) is 26.6. The second-order valence-electron chi connectivity index (χ2n) is 11.8. The number of thiazole rings is 2. The molecule has 0 saturated heterocycles. The van der Waals surface area contributed by atoms with Gasteiger partial charge < -0.3 is 21.1 Å². The molecule has 2 aromatic carbocycles. The fraction of sp³-hybridized carbons (Fsp3) is 0.286. The molecule has 0 amide bonds. The van der Waals surface area contributed by atoms with Crippen LogP contribution in [0.15, 0.2) is 73.1 Å². The van der Waals surface area contributed by atoms with Gasteiger partial charge in [-0.05, 0) is 70.1 Å². The summed E-state index contributed by atoms with van der Waals surface area (Å²) in [6.07, 6.45) is 4.05. The minimum atomic E-state index is -0.604. The Labute approximate surface area is 297 Å². The summed E-state index contributed by atoms with van der Waals surface area (Å²) >= 11 is 2.99. The fourth-order valence-corrected chi connectivity index (χ4v) is 6.64. The van der Waals surface area contributed by atoms with E-state index in [1.807, 2.05) is 48.5 Å². The van der Waals surface area contributed by atoms with E-state index in [-0.39, 0.29) is 12.5 Å². The molecule has 2 unspecified atom stereocenters. The molecular formula is C35H35N11O2S2. The summed E-state index contributed by atoms with van der Waals surface area (Å²) in [5.74, 6) is -0.727. The standard InChI is InChI=1S/C19H19N5O2S.C16H16N6S/c1-19(2,3)26-16(25)11-22-18-21-9-8-13(24-18)12(10-20)17-23-14-6-4-5-7-15(14)27-17;17-7-3-8-19-16-20-9-6-12(22-16)11(10-18)15-21-13-4-1-2-5-14(13)23-15/h4-9,12H,11H2,1-3H3,(H,21,22,24);1-2,4-6,9,11H,3,7-8,17H2,(H,19,20,22). The number of nitriles is 2. The molecule has 2 atom stereocenters. The van der Waals surface area contributed by atoms with Gasteiger partial charge in [-0.1, -0.05) is 24.3 Å². The molecule has 0 spiro atoms. The number of hydrogen-bond donors (Lipinski definition) is 3. The molecule has 6 rings (SSSR count). The molecule has 0 fully saturated rings. The molecule has 15 heteroatoms. The molecule has 0 radical (unpaired) electrons. The second-order valence-corrected chi connectivity index (χ2v) is 13.9. The van der Waals surface area contributed by atoms with Crippen molar-refractivity contribution in [3.8, 4) is 12.1 Å². The number of benzene rings is 2. The first kappa shape index (κ1) is 35.7. The van der Waals surface area contributed by atoms with Gasteiger partial charge in [0.2, 0.25) is 11.9 Å². The van der Waals surface area contributed by atoms with E-state index in [4.69, 9.17) is 10.5 Å². The van der Waals surface area contributed by atoms with Gasteiger partial charge in [0, 0.05) is 18.9 Å². The van der Waals surface area contributed by atoms with Crippen LogP contribution < -0.4 is 16.4 Å². The van der Waals surface area contributed by atoms with Gasteiger partial charge in [-0.3, -0.25) is 4.79 Å². The number of fused-ring (bicyclic) bond motifs is 2. The number of nitrogens with zero attached hydrogens (tertiary/aromatic N) is 8. The average Bonchev–Trinajstić information content (AvgIpc) is 3.73. The average molecular weight is 706 g/mol. The van der Waals surface area contributed by atoms with Crippen LogP contribution in [-0.2, 0) is 9.53 Å². The van der Waals surface area contributed by atoms with Gasteiger partial charge in [-0.25, -0.2) is 29.9 Å². The maximum atomic E-state index is 11.8. The zero-order chi connectivity index (χ0) is 35.5. The SMILES string of the molecule is CC(C)(C)OC(=O)CNc1nccc(C(C#N)c2nc3ccccc3s2)n1.N#CC(c1ccnc(NCCCN)n1)c1nc2ccccc2s1. The number of anilines is 2. The van der Waals surface area contributed by atoms with Crippen molar-refractivity contribution in [2.24, 2.45) is 5.73 Å². The molecule has 0 saturated carbocycles. The number of carbonyl (C=O) groups excluding carboxylic acids is 1. The molecule has 0 aliphatic heterocycles. The Bertz CT molecular complexity index is 2080. The molecule has 0 aliphatic carbocycles. The van der Waals surface area contributed by atoms with E-state index >= 15 is 0 Å². The van der Waals surface area contributed by atoms with Gasteiger partial charge in [0.1, 0.15) is 34.0 Å². The lowest BCUT2D eigenvalue weighted by Crippen LogP contribution is -2.28. The molecule has 13 nitrogen and oxygen atoms in total. The zero-order valence-corrected chi connectivity index (χ0v) is 29.3. The Hall–Kier alpha value is -5.61. The largest absolute Gasteiger partial charge is 0.459 e. The van der Waals surface area contributed by atoms with E-state index in [0.717, 1.165) is 31.9 Å². The lowest BCUT2D eigenvalue weighted by molar-refractivity contribution is -0.152. The van der Waals surface area contributed by atoms with Crippen molar-refractivity contribution in [3.63, 3.8) is 0 Å². The number of esters is 1. The number of carbonyl (C=O) groups is 1. The van der Waals surface area contributed by atoms with Gasteiger partial charge in [-0.15, -0.1) is 22.7 Å². The molecule has 6 aromatic rings. The molecule has 50 heavy (non-hydrogen) atoms. The minimum Gasteiger partial charge on any atom is -0.459 e. The zero-order valence-electron chi connectivity index (χ0n) is 27.7. The molecule has 0 bridgehead atoms. The highest BCUT2D eigenvalue weighted by molar-refractivity contribution is 7.19. The van der Waals surface area contributed by atoms with Crippen LogP contribution in [0.25, 0.3) is 20.4 Å². The van der Waals surface area contributed by atoms with Crippen molar-refractivity contribution in [1.82, 2.24) is 29.9 Å². The van der Waals surface area contributed by atoms with Crippen molar-refractivity contribution in [1.29, 1.82) is 10.5 Å².